The van der Waals surface area contributed by atoms with Crippen molar-refractivity contribution in [2.45, 2.75) is 209 Å². The summed E-state index contributed by atoms with van der Waals surface area (Å²) in [5, 5.41) is 78.8. The second-order valence-corrected chi connectivity index (χ2v) is 30.6. The number of aliphatic hydroxyl groups excluding tert-OH is 3. The zero-order chi connectivity index (χ0) is 85.1. The van der Waals surface area contributed by atoms with Crippen LogP contribution < -0.4 is 70.4 Å². The summed E-state index contributed by atoms with van der Waals surface area (Å²) in [5.74, 6) is -12.7. The summed E-state index contributed by atoms with van der Waals surface area (Å²) in [6, 6.07) is 23.3. The maximum absolute atomic E-state index is 15.5. The molecule has 634 valence electrons. The van der Waals surface area contributed by atoms with Crippen molar-refractivity contribution in [2.24, 2.45) is 29.0 Å². The first kappa shape index (κ1) is 90.3. The van der Waals surface area contributed by atoms with Crippen molar-refractivity contribution in [3.63, 3.8) is 0 Å². The van der Waals surface area contributed by atoms with Gasteiger partial charge in [0.25, 0.3) is 0 Å². The number of amides is 12. The number of phenols is 1. The summed E-state index contributed by atoms with van der Waals surface area (Å²) in [5.41, 5.74) is 21.6. The van der Waals surface area contributed by atoms with E-state index in [1.54, 1.807) is 88.4 Å². The summed E-state index contributed by atoms with van der Waals surface area (Å²) >= 11 is 0. The maximum atomic E-state index is 15.5. The number of ether oxygens (including phenoxy) is 2. The third-order valence-electron chi connectivity index (χ3n) is 20.6. The normalized spacial score (nSPS) is 25.2. The van der Waals surface area contributed by atoms with Crippen LogP contribution in [0.3, 0.4) is 0 Å². The molecule has 3 aliphatic heterocycles. The minimum absolute atomic E-state index is 0.0117. The van der Waals surface area contributed by atoms with Gasteiger partial charge in [-0.1, -0.05) is 160 Å². The lowest BCUT2D eigenvalue weighted by Gasteiger charge is -2.42. The van der Waals surface area contributed by atoms with E-state index in [1.165, 1.54) is 40.0 Å². The highest BCUT2D eigenvalue weighted by Gasteiger charge is 2.46. The summed E-state index contributed by atoms with van der Waals surface area (Å²) in [7, 11) is 0. The number of nitrogens with one attached hydrogen (secondary N) is 10. The Bertz CT molecular complexity index is 4370. The van der Waals surface area contributed by atoms with E-state index in [1.807, 2.05) is 54.6 Å². The number of rotatable bonds is 28. The highest BCUT2D eigenvalue weighted by molar-refractivity contribution is 6.01. The second kappa shape index (κ2) is 44.1. The SMILES string of the molecule is CC(C)C[C@@H]1NC(=O)[C@H](CCCN)NC(=O)[C@H](C(C)C)NC(=O)[C@H](Cc2ccc(O)cc2)NC(=O)[C@H](CCC(N)=O)NC(=O)[C@H](CC(N)=O)NC(=O)[C@@H](Cc2ccccc2)NC(=O)[C@H](Cc2cn(CCO[C@@H]3O[C@H](CO)[C@@H](O)[C@H](O)[C@H]3NCc3ccc(-c4ccccc4)cc3)nn2)NC(=O)[C@@H]2CCCN2C(=O)[C@@H](Cc2ccccc2)NC1=O. The van der Waals surface area contributed by atoms with Crippen molar-refractivity contribution in [1.29, 1.82) is 0 Å². The topological polar surface area (TPSA) is 537 Å². The molecule has 3 saturated heterocycles. The van der Waals surface area contributed by atoms with Crippen molar-refractivity contribution in [3.8, 4) is 16.9 Å². The Kier molecular flexibility index (Phi) is 33.8. The van der Waals surface area contributed by atoms with Gasteiger partial charge in [-0.05, 0) is 102 Å². The fraction of sp³-hybridized carbons (Fsp3) is 0.470. The highest BCUT2D eigenvalue weighted by atomic mass is 16.7. The van der Waals surface area contributed by atoms with Gasteiger partial charge in [-0.15, -0.1) is 5.10 Å². The quantitative estimate of drug-likeness (QED) is 0.0265. The number of aromatic hydroxyl groups is 1. The molecule has 0 radical (unpaired) electrons. The van der Waals surface area contributed by atoms with E-state index in [2.05, 4.69) is 63.5 Å². The minimum atomic E-state index is -1.94. The van der Waals surface area contributed by atoms with Crippen LogP contribution in [0, 0.1) is 11.8 Å². The molecule has 3 fully saturated rings. The highest BCUT2D eigenvalue weighted by Crippen LogP contribution is 2.26. The van der Waals surface area contributed by atoms with Crippen LogP contribution in [0.4, 0.5) is 0 Å². The van der Waals surface area contributed by atoms with Gasteiger partial charge in [0.05, 0.1) is 37.9 Å². The molecule has 3 aliphatic rings. The molecule has 4 heterocycles. The van der Waals surface area contributed by atoms with Crippen molar-refractivity contribution < 1.29 is 87.4 Å². The average Bonchev–Trinajstić information content (AvgIpc) is 1.12. The van der Waals surface area contributed by atoms with E-state index in [0.29, 0.717) is 16.7 Å². The zero-order valence-corrected chi connectivity index (χ0v) is 66.4. The van der Waals surface area contributed by atoms with E-state index in [-0.39, 0.29) is 102 Å². The number of primary amides is 2. The van der Waals surface area contributed by atoms with Gasteiger partial charge in [-0.3, -0.25) is 57.5 Å². The van der Waals surface area contributed by atoms with Crippen LogP contribution in [-0.4, -0.2) is 229 Å². The van der Waals surface area contributed by atoms with E-state index < -0.39 is 200 Å². The van der Waals surface area contributed by atoms with Crippen LogP contribution in [0.2, 0.25) is 0 Å². The standard InChI is InChI=1S/C83H109N17O18/c1-47(2)38-59-75(109)95-64(41-50-18-10-6-11-19-50)82(116)100-35-15-23-65(100)80(114)94-62(42-55-45-99(98-97-55)36-37-117-83-70(72(106)71(105)66(46-101)118-83)87-44-52-24-28-54(29-25-52)53-20-12-7-13-21-53)77(111)92-60(39-49-16-8-5-9-17-49)76(110)93-63(43-68(86)104)78(112)88-58(32-33-67(85)103)74(108)91-61(40-51-26-30-56(102)31-27-51)79(113)96-69(48(3)4)81(115)89-57(22-14-34-84)73(107)90-59/h5-13,16-21,24-31,45,47-48,57-66,69-72,83,87,101-102,105-106H,14-15,22-23,32-44,46,84H2,1-4H3,(H2,85,103)(H2,86,104)(H,88,112)(H,89,115)(H,90,107)(H,91,108)(H,92,111)(H,93,110)(H,94,114)(H,95,109)(H,96,113)/t57-,58-,59-,60+,61-,62-,63-,64+,65-,66+,69-,70+,71+,72+,83+/m0/s1. The van der Waals surface area contributed by atoms with Crippen LogP contribution in [0.1, 0.15) is 107 Å². The molecule has 1 aromatic heterocycles. The molecule has 35 heteroatoms. The van der Waals surface area contributed by atoms with Gasteiger partial charge >= 0.3 is 0 Å². The van der Waals surface area contributed by atoms with Crippen molar-refractivity contribution in [3.05, 3.63) is 174 Å². The van der Waals surface area contributed by atoms with Gasteiger partial charge in [-0.25, -0.2) is 4.68 Å². The largest absolute Gasteiger partial charge is 0.508 e. The molecule has 5 aromatic carbocycles. The Labute approximate surface area is 683 Å². The molecular formula is C83H109N17O18. The number of benzene rings is 5. The number of aromatic nitrogens is 3. The van der Waals surface area contributed by atoms with E-state index >= 15 is 24.0 Å². The maximum Gasteiger partial charge on any atom is 0.246 e. The number of phenolic OH excluding ortho intramolecular Hbond substituents is 1. The number of aliphatic hydroxyl groups is 3. The fourth-order valence-electron chi connectivity index (χ4n) is 14.2. The number of hydrogen-bond donors (Lipinski definition) is 17. The molecule has 15 atom stereocenters. The summed E-state index contributed by atoms with van der Waals surface area (Å²) in [4.78, 5) is 177. The van der Waals surface area contributed by atoms with Crippen LogP contribution in [0.25, 0.3) is 11.1 Å². The lowest BCUT2D eigenvalue weighted by atomic mass is 9.96. The van der Waals surface area contributed by atoms with Crippen molar-refractivity contribution >= 4 is 70.9 Å². The monoisotopic (exact) mass is 1630 g/mol. The van der Waals surface area contributed by atoms with E-state index in [0.717, 1.165) is 16.7 Å². The molecular weight excluding hydrogens is 1520 g/mol. The number of nitrogens with two attached hydrogens (primary N) is 3. The Morgan fingerprint density at radius 3 is 1.64 bits per heavy atom. The molecule has 20 N–H and O–H groups in total. The van der Waals surface area contributed by atoms with Crippen molar-refractivity contribution in [2.75, 3.05) is 26.3 Å². The number of hydrogen-bond acceptors (Lipinski definition) is 22. The van der Waals surface area contributed by atoms with Gasteiger partial charge in [0, 0.05) is 51.4 Å². The van der Waals surface area contributed by atoms with E-state index in [9.17, 15) is 54.0 Å². The summed E-state index contributed by atoms with van der Waals surface area (Å²) in [6.45, 7) is 6.17. The Morgan fingerprint density at radius 1 is 0.559 bits per heavy atom. The Hall–Kier alpha value is -11.6. The van der Waals surface area contributed by atoms with Crippen molar-refractivity contribution in [1.82, 2.24) is 73.1 Å². The Balaban J connectivity index is 1.06. The smallest absolute Gasteiger partial charge is 0.246 e. The van der Waals surface area contributed by atoms with Crippen LogP contribution in [-0.2, 0) is 106 Å². The van der Waals surface area contributed by atoms with Gasteiger partial charge in [0.15, 0.2) is 6.29 Å². The van der Waals surface area contributed by atoms with Gasteiger partial charge in [0.2, 0.25) is 70.9 Å². The third-order valence-corrected chi connectivity index (χ3v) is 20.6. The summed E-state index contributed by atoms with van der Waals surface area (Å²) < 4.78 is 13.5. The van der Waals surface area contributed by atoms with Gasteiger partial charge in [0.1, 0.15) is 84.5 Å². The van der Waals surface area contributed by atoms with E-state index in [4.69, 9.17) is 26.7 Å². The zero-order valence-electron chi connectivity index (χ0n) is 66.4. The molecule has 0 spiro atoms. The first-order chi connectivity index (χ1) is 56.5. The number of nitrogens with zero attached hydrogens (tertiary/aromatic N) is 4. The average molecular weight is 1630 g/mol. The predicted octanol–water partition coefficient (Wildman–Crippen LogP) is -1.52. The fourth-order valence-corrected chi connectivity index (χ4v) is 14.2. The third kappa shape index (κ3) is 26.5. The Morgan fingerprint density at radius 2 is 1.05 bits per heavy atom. The molecule has 0 saturated carbocycles. The van der Waals surface area contributed by atoms with Gasteiger partial charge < -0.3 is 105 Å². The molecule has 12 amide bonds. The van der Waals surface area contributed by atoms with Crippen LogP contribution in [0.5, 0.6) is 5.75 Å². The molecule has 6 aromatic rings. The summed E-state index contributed by atoms with van der Waals surface area (Å²) in [6.07, 6.45) is -6.81. The predicted molar refractivity (Wildman–Crippen MR) is 429 cm³/mol. The first-order valence-electron chi connectivity index (χ1n) is 39.7. The van der Waals surface area contributed by atoms with Crippen LogP contribution >= 0.6 is 0 Å². The molecule has 118 heavy (non-hydrogen) atoms. The number of carbonyl (C=O) groups is 12. The lowest BCUT2D eigenvalue weighted by molar-refractivity contribution is -0.271. The molecule has 0 unspecified atom stereocenters. The molecule has 0 bridgehead atoms. The van der Waals surface area contributed by atoms with Gasteiger partial charge in [-0.2, -0.15) is 0 Å². The first-order valence-corrected chi connectivity index (χ1v) is 39.7. The molecule has 35 nitrogen and oxygen atoms in total. The number of fused-ring (bicyclic) bond motifs is 1. The minimum Gasteiger partial charge on any atom is -0.508 e. The number of carbonyl (C=O) groups excluding carboxylic acids is 12. The lowest BCUT2D eigenvalue weighted by Crippen LogP contribution is -2.63. The second-order valence-electron chi connectivity index (χ2n) is 30.6. The molecule has 9 rings (SSSR count). The molecule has 0 aliphatic carbocycles. The van der Waals surface area contributed by atoms with Crippen LogP contribution in [0.15, 0.2) is 146 Å².